The topological polar surface area (TPSA) is 15.3 Å². The molecule has 2 heteroatoms. The monoisotopic (exact) mass is 252 g/mol. The van der Waals surface area contributed by atoms with Gasteiger partial charge in [0.2, 0.25) is 0 Å². The molecule has 2 saturated heterocycles. The summed E-state index contributed by atoms with van der Waals surface area (Å²) < 4.78 is 0. The van der Waals surface area contributed by atoms with Crippen LogP contribution in [0, 0.1) is 5.92 Å². The molecule has 2 unspecified atom stereocenters. The highest BCUT2D eigenvalue weighted by atomic mass is 15.2. The van der Waals surface area contributed by atoms with E-state index in [0.29, 0.717) is 0 Å². The maximum Gasteiger partial charge on any atom is 0.0114 e. The molecule has 0 radical (unpaired) electrons. The summed E-state index contributed by atoms with van der Waals surface area (Å²) in [7, 11) is 0. The van der Waals surface area contributed by atoms with Crippen LogP contribution in [0.15, 0.2) is 0 Å². The molecule has 106 valence electrons. The van der Waals surface area contributed by atoms with Crippen LogP contribution in [0.1, 0.15) is 65.7 Å². The normalized spacial score (nSPS) is 32.3. The molecule has 0 aromatic rings. The van der Waals surface area contributed by atoms with Crippen molar-refractivity contribution >= 4 is 0 Å². The Kier molecular flexibility index (Phi) is 5.50. The summed E-state index contributed by atoms with van der Waals surface area (Å²) >= 11 is 0. The third kappa shape index (κ3) is 3.27. The second kappa shape index (κ2) is 6.91. The first kappa shape index (κ1) is 14.3. The molecule has 1 N–H and O–H groups in total. The highest BCUT2D eigenvalue weighted by Crippen LogP contribution is 2.36. The van der Waals surface area contributed by atoms with Crippen molar-refractivity contribution in [2.24, 2.45) is 5.92 Å². The van der Waals surface area contributed by atoms with Crippen molar-refractivity contribution in [3.05, 3.63) is 0 Å². The smallest absolute Gasteiger partial charge is 0.0114 e. The minimum absolute atomic E-state index is 0.806. The Morgan fingerprint density at radius 3 is 2.17 bits per heavy atom. The first-order chi connectivity index (χ1) is 8.78. The summed E-state index contributed by atoms with van der Waals surface area (Å²) in [5.74, 6) is 0.924. The predicted octanol–water partition coefficient (Wildman–Crippen LogP) is 3.42. The van der Waals surface area contributed by atoms with E-state index in [-0.39, 0.29) is 0 Å². The summed E-state index contributed by atoms with van der Waals surface area (Å²) in [4.78, 5) is 2.86. The first-order valence-corrected chi connectivity index (χ1v) is 8.27. The summed E-state index contributed by atoms with van der Waals surface area (Å²) in [6.45, 7) is 9.54. The zero-order valence-corrected chi connectivity index (χ0v) is 12.6. The van der Waals surface area contributed by atoms with Crippen LogP contribution < -0.4 is 5.32 Å². The van der Waals surface area contributed by atoms with Gasteiger partial charge in [-0.15, -0.1) is 0 Å². The summed E-state index contributed by atoms with van der Waals surface area (Å²) in [5.41, 5.74) is 0. The van der Waals surface area contributed by atoms with E-state index in [2.05, 4.69) is 31.0 Å². The summed E-state index contributed by atoms with van der Waals surface area (Å²) in [6.07, 6.45) is 9.68. The van der Waals surface area contributed by atoms with Gasteiger partial charge in [-0.25, -0.2) is 0 Å². The molecule has 2 rings (SSSR count). The van der Waals surface area contributed by atoms with Gasteiger partial charge in [0.25, 0.3) is 0 Å². The fourth-order valence-corrected chi connectivity index (χ4v) is 3.93. The second-order valence-corrected chi connectivity index (χ2v) is 6.39. The molecule has 2 nitrogen and oxygen atoms in total. The lowest BCUT2D eigenvalue weighted by Crippen LogP contribution is -2.50. The number of rotatable bonds is 7. The standard InChI is InChI=1S/C16H32N2/c1-4-9-17-14-10-15-7-8-16(11-14)18(15)12-13(5-2)6-3/h13-17H,4-12H2,1-3H3. The highest BCUT2D eigenvalue weighted by molar-refractivity contribution is 4.97. The van der Waals surface area contributed by atoms with Crippen LogP contribution in [0.5, 0.6) is 0 Å². The number of nitrogens with zero attached hydrogens (tertiary/aromatic N) is 1. The van der Waals surface area contributed by atoms with Gasteiger partial charge in [0, 0.05) is 24.7 Å². The van der Waals surface area contributed by atoms with Crippen molar-refractivity contribution in [1.29, 1.82) is 0 Å². The van der Waals surface area contributed by atoms with Gasteiger partial charge in [0.05, 0.1) is 0 Å². The fraction of sp³-hybridized carbons (Fsp3) is 1.00. The van der Waals surface area contributed by atoms with Gasteiger partial charge >= 0.3 is 0 Å². The molecule has 2 fully saturated rings. The van der Waals surface area contributed by atoms with Crippen LogP contribution >= 0.6 is 0 Å². The number of hydrogen-bond donors (Lipinski definition) is 1. The first-order valence-electron chi connectivity index (χ1n) is 8.27. The second-order valence-electron chi connectivity index (χ2n) is 6.39. The SMILES string of the molecule is CCCNC1CC2CCC(C1)N2CC(CC)CC. The Hall–Kier alpha value is -0.0800. The Morgan fingerprint density at radius 1 is 1.06 bits per heavy atom. The van der Waals surface area contributed by atoms with E-state index in [1.807, 2.05) is 0 Å². The average molecular weight is 252 g/mol. The van der Waals surface area contributed by atoms with Crippen LogP contribution in [0.2, 0.25) is 0 Å². The van der Waals surface area contributed by atoms with Gasteiger partial charge in [-0.1, -0.05) is 33.6 Å². The van der Waals surface area contributed by atoms with Crippen LogP contribution in [-0.2, 0) is 0 Å². The maximum atomic E-state index is 3.75. The molecule has 0 aromatic carbocycles. The largest absolute Gasteiger partial charge is 0.314 e. The van der Waals surface area contributed by atoms with E-state index in [0.717, 1.165) is 24.0 Å². The van der Waals surface area contributed by atoms with Gasteiger partial charge in [-0.3, -0.25) is 4.90 Å². The number of nitrogens with one attached hydrogen (secondary N) is 1. The van der Waals surface area contributed by atoms with Crippen LogP contribution in [0.25, 0.3) is 0 Å². The van der Waals surface area contributed by atoms with Gasteiger partial charge in [-0.05, 0) is 44.6 Å². The number of piperidine rings is 1. The third-order valence-corrected chi connectivity index (χ3v) is 5.19. The van der Waals surface area contributed by atoms with Crippen molar-refractivity contribution in [1.82, 2.24) is 10.2 Å². The molecular formula is C16H32N2. The summed E-state index contributed by atoms with van der Waals surface area (Å²) in [6, 6.07) is 2.58. The van der Waals surface area contributed by atoms with Crippen molar-refractivity contribution < 1.29 is 0 Å². The van der Waals surface area contributed by atoms with Crippen LogP contribution in [-0.4, -0.2) is 36.1 Å². The van der Waals surface area contributed by atoms with E-state index in [1.54, 1.807) is 0 Å². The van der Waals surface area contributed by atoms with E-state index < -0.39 is 0 Å². The Bertz CT molecular complexity index is 223. The zero-order chi connectivity index (χ0) is 13.0. The minimum Gasteiger partial charge on any atom is -0.314 e. The molecule has 0 spiro atoms. The van der Waals surface area contributed by atoms with Crippen molar-refractivity contribution in [2.75, 3.05) is 13.1 Å². The average Bonchev–Trinajstić information content (AvgIpc) is 2.63. The maximum absolute atomic E-state index is 3.75. The van der Waals surface area contributed by atoms with E-state index in [9.17, 15) is 0 Å². The molecule has 0 aromatic heterocycles. The van der Waals surface area contributed by atoms with Crippen molar-refractivity contribution in [2.45, 2.75) is 83.8 Å². The molecule has 2 aliphatic rings. The molecule has 18 heavy (non-hydrogen) atoms. The zero-order valence-electron chi connectivity index (χ0n) is 12.6. The third-order valence-electron chi connectivity index (χ3n) is 5.19. The van der Waals surface area contributed by atoms with Gasteiger partial charge < -0.3 is 5.32 Å². The lowest BCUT2D eigenvalue weighted by Gasteiger charge is -2.41. The van der Waals surface area contributed by atoms with Gasteiger partial charge in [-0.2, -0.15) is 0 Å². The molecule has 2 heterocycles. The lowest BCUT2D eigenvalue weighted by atomic mass is 9.94. The van der Waals surface area contributed by atoms with Crippen LogP contribution in [0.4, 0.5) is 0 Å². The number of fused-ring (bicyclic) bond motifs is 2. The van der Waals surface area contributed by atoms with Gasteiger partial charge in [0.15, 0.2) is 0 Å². The molecular weight excluding hydrogens is 220 g/mol. The van der Waals surface area contributed by atoms with E-state index in [4.69, 9.17) is 0 Å². The summed E-state index contributed by atoms with van der Waals surface area (Å²) in [5, 5.41) is 3.75. The fourth-order valence-electron chi connectivity index (χ4n) is 3.93. The minimum atomic E-state index is 0.806. The molecule has 0 saturated carbocycles. The molecule has 2 bridgehead atoms. The van der Waals surface area contributed by atoms with Crippen LogP contribution in [0.3, 0.4) is 0 Å². The quantitative estimate of drug-likeness (QED) is 0.747. The molecule has 0 aliphatic carbocycles. The number of hydrogen-bond acceptors (Lipinski definition) is 2. The lowest BCUT2D eigenvalue weighted by molar-refractivity contribution is 0.0956. The van der Waals surface area contributed by atoms with Crippen molar-refractivity contribution in [3.8, 4) is 0 Å². The van der Waals surface area contributed by atoms with Gasteiger partial charge in [0.1, 0.15) is 0 Å². The van der Waals surface area contributed by atoms with E-state index >= 15 is 0 Å². The Balaban J connectivity index is 1.85. The molecule has 2 aliphatic heterocycles. The van der Waals surface area contributed by atoms with E-state index in [1.165, 1.54) is 58.0 Å². The molecule has 2 atom stereocenters. The Labute approximate surface area is 114 Å². The Morgan fingerprint density at radius 2 is 1.67 bits per heavy atom. The predicted molar refractivity (Wildman–Crippen MR) is 78.9 cm³/mol. The van der Waals surface area contributed by atoms with Crippen molar-refractivity contribution in [3.63, 3.8) is 0 Å². The highest BCUT2D eigenvalue weighted by Gasteiger charge is 2.40. The molecule has 0 amide bonds.